The van der Waals surface area contributed by atoms with Crippen molar-refractivity contribution in [2.75, 3.05) is 0 Å². The highest BCUT2D eigenvalue weighted by Gasteiger charge is 2.06. The van der Waals surface area contributed by atoms with Gasteiger partial charge in [0, 0.05) is 16.8 Å². The summed E-state index contributed by atoms with van der Waals surface area (Å²) >= 11 is 6.11. The molecule has 0 unspecified atom stereocenters. The van der Waals surface area contributed by atoms with Gasteiger partial charge in [0.25, 0.3) is 5.56 Å². The summed E-state index contributed by atoms with van der Waals surface area (Å²) < 4.78 is 1.70. The number of benzene rings is 1. The van der Waals surface area contributed by atoms with Crippen LogP contribution in [0.2, 0.25) is 5.02 Å². The molecule has 2 rings (SSSR count). The molecule has 0 saturated heterocycles. The summed E-state index contributed by atoms with van der Waals surface area (Å²) in [6.07, 6.45) is 2.73. The van der Waals surface area contributed by atoms with Crippen LogP contribution in [0.25, 0.3) is 0 Å². The van der Waals surface area contributed by atoms with E-state index in [4.69, 9.17) is 11.6 Å². The van der Waals surface area contributed by atoms with E-state index in [-0.39, 0.29) is 5.56 Å². The molecule has 1 aromatic carbocycles. The molecule has 0 spiro atoms. The highest BCUT2D eigenvalue weighted by Crippen LogP contribution is 2.15. The molecule has 3 heteroatoms. The minimum Gasteiger partial charge on any atom is -0.311 e. The minimum atomic E-state index is 0.0641. The highest BCUT2D eigenvalue weighted by molar-refractivity contribution is 6.31. The van der Waals surface area contributed by atoms with Gasteiger partial charge in [0.2, 0.25) is 0 Å². The zero-order chi connectivity index (χ0) is 13.1. The van der Waals surface area contributed by atoms with Gasteiger partial charge in [-0.2, -0.15) is 0 Å². The first-order valence-corrected chi connectivity index (χ1v) is 6.43. The Balaban J connectivity index is 2.40. The first-order chi connectivity index (χ1) is 8.63. The molecule has 0 atom stereocenters. The maximum Gasteiger partial charge on any atom is 0.254 e. The van der Waals surface area contributed by atoms with E-state index >= 15 is 0 Å². The monoisotopic (exact) mass is 261 g/mol. The SMILES string of the molecule is CCc1ccn(Cc2ccccc2Cl)c(=O)c1C. The van der Waals surface area contributed by atoms with E-state index in [2.05, 4.69) is 6.92 Å². The second kappa shape index (κ2) is 5.40. The van der Waals surface area contributed by atoms with Crippen LogP contribution in [0, 0.1) is 6.92 Å². The van der Waals surface area contributed by atoms with E-state index in [0.29, 0.717) is 11.6 Å². The van der Waals surface area contributed by atoms with Crippen molar-refractivity contribution in [2.24, 2.45) is 0 Å². The molecular weight excluding hydrogens is 246 g/mol. The van der Waals surface area contributed by atoms with Crippen molar-refractivity contribution in [2.45, 2.75) is 26.8 Å². The fourth-order valence-electron chi connectivity index (χ4n) is 2.04. The number of hydrogen-bond donors (Lipinski definition) is 0. The van der Waals surface area contributed by atoms with Crippen LogP contribution in [0.3, 0.4) is 0 Å². The third-order valence-corrected chi connectivity index (χ3v) is 3.57. The number of hydrogen-bond acceptors (Lipinski definition) is 1. The van der Waals surface area contributed by atoms with Crippen molar-refractivity contribution < 1.29 is 0 Å². The van der Waals surface area contributed by atoms with Crippen molar-refractivity contribution >= 4 is 11.6 Å². The summed E-state index contributed by atoms with van der Waals surface area (Å²) in [6.45, 7) is 4.45. The zero-order valence-electron chi connectivity index (χ0n) is 10.6. The van der Waals surface area contributed by atoms with Crippen LogP contribution in [0.1, 0.15) is 23.6 Å². The lowest BCUT2D eigenvalue weighted by molar-refractivity contribution is 0.746. The Kier molecular flexibility index (Phi) is 3.87. The Hall–Kier alpha value is -1.54. The molecule has 0 aliphatic rings. The molecule has 2 nitrogen and oxygen atoms in total. The van der Waals surface area contributed by atoms with Gasteiger partial charge >= 0.3 is 0 Å². The Morgan fingerprint density at radius 2 is 1.89 bits per heavy atom. The van der Waals surface area contributed by atoms with Gasteiger partial charge in [-0.3, -0.25) is 4.79 Å². The number of nitrogens with zero attached hydrogens (tertiary/aromatic N) is 1. The molecule has 0 aliphatic carbocycles. The Labute approximate surface area is 112 Å². The number of halogens is 1. The zero-order valence-corrected chi connectivity index (χ0v) is 11.4. The normalized spacial score (nSPS) is 10.6. The van der Waals surface area contributed by atoms with Gasteiger partial charge < -0.3 is 4.57 Å². The fraction of sp³-hybridized carbons (Fsp3) is 0.267. The van der Waals surface area contributed by atoms with Gasteiger partial charge in [-0.1, -0.05) is 36.7 Å². The molecule has 94 valence electrons. The number of pyridine rings is 1. The maximum absolute atomic E-state index is 12.2. The molecule has 18 heavy (non-hydrogen) atoms. The molecule has 0 fully saturated rings. The standard InChI is InChI=1S/C15H16ClNO/c1-3-12-8-9-17(15(18)11(12)2)10-13-6-4-5-7-14(13)16/h4-9H,3,10H2,1-2H3. The molecule has 0 saturated carbocycles. The second-order valence-electron chi connectivity index (χ2n) is 4.34. The van der Waals surface area contributed by atoms with Crippen LogP contribution in [0.4, 0.5) is 0 Å². The van der Waals surface area contributed by atoms with Crippen molar-refractivity contribution in [1.82, 2.24) is 4.57 Å². The first kappa shape index (κ1) is 12.9. The summed E-state index contributed by atoms with van der Waals surface area (Å²) in [5.41, 5.74) is 2.96. The smallest absolute Gasteiger partial charge is 0.254 e. The first-order valence-electron chi connectivity index (χ1n) is 6.05. The predicted octanol–water partition coefficient (Wildman–Crippen LogP) is 3.42. The van der Waals surface area contributed by atoms with Gasteiger partial charge in [-0.25, -0.2) is 0 Å². The number of rotatable bonds is 3. The van der Waals surface area contributed by atoms with E-state index in [1.807, 2.05) is 43.5 Å². The van der Waals surface area contributed by atoms with Crippen molar-refractivity contribution in [1.29, 1.82) is 0 Å². The van der Waals surface area contributed by atoms with Crippen LogP contribution in [-0.2, 0) is 13.0 Å². The minimum absolute atomic E-state index is 0.0641. The van der Waals surface area contributed by atoms with E-state index in [1.165, 1.54) is 0 Å². The van der Waals surface area contributed by atoms with Crippen LogP contribution in [0.5, 0.6) is 0 Å². The largest absolute Gasteiger partial charge is 0.311 e. The van der Waals surface area contributed by atoms with E-state index < -0.39 is 0 Å². The van der Waals surface area contributed by atoms with E-state index in [0.717, 1.165) is 23.1 Å². The predicted molar refractivity (Wildman–Crippen MR) is 75.4 cm³/mol. The topological polar surface area (TPSA) is 22.0 Å². The molecule has 1 aromatic heterocycles. The quantitative estimate of drug-likeness (QED) is 0.830. The van der Waals surface area contributed by atoms with Gasteiger partial charge in [0.05, 0.1) is 6.54 Å². The summed E-state index contributed by atoms with van der Waals surface area (Å²) in [6, 6.07) is 9.61. The maximum atomic E-state index is 12.2. The molecule has 0 radical (unpaired) electrons. The Bertz CT molecular complexity index is 616. The third kappa shape index (κ3) is 2.49. The van der Waals surface area contributed by atoms with Gasteiger partial charge in [-0.05, 0) is 36.6 Å². The molecule has 2 aromatic rings. The Morgan fingerprint density at radius 1 is 1.17 bits per heavy atom. The van der Waals surface area contributed by atoms with Crippen LogP contribution < -0.4 is 5.56 Å². The molecule has 0 N–H and O–H groups in total. The van der Waals surface area contributed by atoms with E-state index in [9.17, 15) is 4.79 Å². The summed E-state index contributed by atoms with van der Waals surface area (Å²) in [5, 5.41) is 0.696. The second-order valence-corrected chi connectivity index (χ2v) is 4.75. The number of aromatic nitrogens is 1. The average Bonchev–Trinajstić information content (AvgIpc) is 2.38. The molecular formula is C15H16ClNO. The van der Waals surface area contributed by atoms with E-state index in [1.54, 1.807) is 4.57 Å². The lowest BCUT2D eigenvalue weighted by atomic mass is 10.1. The summed E-state index contributed by atoms with van der Waals surface area (Å²) in [5.74, 6) is 0. The third-order valence-electron chi connectivity index (χ3n) is 3.20. The average molecular weight is 262 g/mol. The van der Waals surface area contributed by atoms with Crippen molar-refractivity contribution in [3.05, 3.63) is 68.6 Å². The lowest BCUT2D eigenvalue weighted by Gasteiger charge is -2.10. The van der Waals surface area contributed by atoms with Crippen molar-refractivity contribution in [3.63, 3.8) is 0 Å². The molecule has 0 amide bonds. The fourth-order valence-corrected chi connectivity index (χ4v) is 2.24. The van der Waals surface area contributed by atoms with Crippen LogP contribution in [0.15, 0.2) is 41.3 Å². The van der Waals surface area contributed by atoms with Gasteiger partial charge in [0.15, 0.2) is 0 Å². The summed E-state index contributed by atoms with van der Waals surface area (Å²) in [7, 11) is 0. The van der Waals surface area contributed by atoms with Gasteiger partial charge in [-0.15, -0.1) is 0 Å². The number of aryl methyl sites for hydroxylation is 1. The van der Waals surface area contributed by atoms with Crippen molar-refractivity contribution in [3.8, 4) is 0 Å². The highest BCUT2D eigenvalue weighted by atomic mass is 35.5. The lowest BCUT2D eigenvalue weighted by Crippen LogP contribution is -2.23. The van der Waals surface area contributed by atoms with Gasteiger partial charge in [0.1, 0.15) is 0 Å². The molecule has 1 heterocycles. The summed E-state index contributed by atoms with van der Waals surface area (Å²) in [4.78, 5) is 12.2. The van der Waals surface area contributed by atoms with Crippen LogP contribution >= 0.6 is 11.6 Å². The Morgan fingerprint density at radius 3 is 2.56 bits per heavy atom. The molecule has 0 aliphatic heterocycles. The molecule has 0 bridgehead atoms. The van der Waals surface area contributed by atoms with Crippen LogP contribution in [-0.4, -0.2) is 4.57 Å².